The van der Waals surface area contributed by atoms with Crippen molar-refractivity contribution in [3.8, 4) is 5.75 Å². The Hall–Kier alpha value is -1.79. The van der Waals surface area contributed by atoms with E-state index in [1.54, 1.807) is 0 Å². The van der Waals surface area contributed by atoms with Crippen molar-refractivity contribution < 1.29 is 14.3 Å². The van der Waals surface area contributed by atoms with E-state index in [1.807, 2.05) is 24.3 Å². The molecule has 2 saturated carbocycles. The van der Waals surface area contributed by atoms with Crippen LogP contribution in [0.1, 0.15) is 44.1 Å². The molecule has 2 atom stereocenters. The van der Waals surface area contributed by atoms with Crippen LogP contribution >= 0.6 is 12.4 Å². The molecule has 0 heterocycles. The summed E-state index contributed by atoms with van der Waals surface area (Å²) in [5.41, 5.74) is 7.14. The molecular formula is C20H30ClN3O3. The average molecular weight is 396 g/mol. The van der Waals surface area contributed by atoms with E-state index < -0.39 is 0 Å². The normalized spacial score (nSPS) is 21.2. The number of benzene rings is 1. The van der Waals surface area contributed by atoms with Gasteiger partial charge in [0.05, 0.1) is 0 Å². The van der Waals surface area contributed by atoms with Gasteiger partial charge in [-0.05, 0) is 55.7 Å². The maximum absolute atomic E-state index is 12.0. The first-order valence-electron chi connectivity index (χ1n) is 9.63. The molecule has 2 amide bonds. The van der Waals surface area contributed by atoms with Crippen LogP contribution in [0, 0.1) is 5.92 Å². The molecule has 0 saturated heterocycles. The molecule has 0 aliphatic heterocycles. The number of nitrogens with one attached hydrogen (secondary N) is 2. The summed E-state index contributed by atoms with van der Waals surface area (Å²) in [6, 6.07) is 8.19. The van der Waals surface area contributed by atoms with Crippen molar-refractivity contribution in [3.05, 3.63) is 29.8 Å². The summed E-state index contributed by atoms with van der Waals surface area (Å²) in [6.45, 7) is 0.667. The minimum atomic E-state index is -0.0683. The second-order valence-electron chi connectivity index (χ2n) is 7.43. The lowest BCUT2D eigenvalue weighted by Crippen LogP contribution is -2.32. The molecule has 7 heteroatoms. The molecular weight excluding hydrogens is 366 g/mol. The maximum Gasteiger partial charge on any atom is 0.258 e. The zero-order chi connectivity index (χ0) is 18.4. The molecule has 3 rings (SSSR count). The van der Waals surface area contributed by atoms with Crippen molar-refractivity contribution in [2.24, 2.45) is 11.7 Å². The van der Waals surface area contributed by atoms with Gasteiger partial charge < -0.3 is 21.1 Å². The van der Waals surface area contributed by atoms with Gasteiger partial charge in [-0.25, -0.2) is 0 Å². The van der Waals surface area contributed by atoms with E-state index in [4.69, 9.17) is 10.5 Å². The third kappa shape index (κ3) is 7.39. The number of halogens is 1. The molecule has 27 heavy (non-hydrogen) atoms. The zero-order valence-corrected chi connectivity index (χ0v) is 16.4. The molecule has 1 aromatic carbocycles. The van der Waals surface area contributed by atoms with Gasteiger partial charge in [-0.1, -0.05) is 18.6 Å². The molecule has 0 bridgehead atoms. The van der Waals surface area contributed by atoms with E-state index >= 15 is 0 Å². The van der Waals surface area contributed by atoms with Gasteiger partial charge in [-0.2, -0.15) is 0 Å². The second-order valence-corrected chi connectivity index (χ2v) is 7.43. The van der Waals surface area contributed by atoms with Crippen LogP contribution in [0.5, 0.6) is 5.75 Å². The summed E-state index contributed by atoms with van der Waals surface area (Å²) in [4.78, 5) is 23.6. The van der Waals surface area contributed by atoms with Crippen LogP contribution in [0.15, 0.2) is 24.3 Å². The topological polar surface area (TPSA) is 93.5 Å². The summed E-state index contributed by atoms with van der Waals surface area (Å²) in [5, 5.41) is 5.87. The lowest BCUT2D eigenvalue weighted by atomic mass is 10.00. The number of hydrogen-bond donors (Lipinski definition) is 3. The first kappa shape index (κ1) is 21.5. The van der Waals surface area contributed by atoms with Crippen LogP contribution in [-0.2, 0) is 16.0 Å². The average Bonchev–Trinajstić information content (AvgIpc) is 3.35. The summed E-state index contributed by atoms with van der Waals surface area (Å²) in [5.74, 6) is 1.04. The number of ether oxygens (including phenoxy) is 1. The fraction of sp³-hybridized carbons (Fsp3) is 0.600. The van der Waals surface area contributed by atoms with Gasteiger partial charge in [-0.15, -0.1) is 12.4 Å². The zero-order valence-electron chi connectivity index (χ0n) is 15.6. The van der Waals surface area contributed by atoms with Gasteiger partial charge in [0.25, 0.3) is 5.91 Å². The lowest BCUT2D eigenvalue weighted by molar-refractivity contribution is -0.123. The highest BCUT2D eigenvalue weighted by Crippen LogP contribution is 2.26. The van der Waals surface area contributed by atoms with E-state index in [2.05, 4.69) is 10.6 Å². The molecule has 0 spiro atoms. The fourth-order valence-electron chi connectivity index (χ4n) is 3.37. The third-order valence-electron chi connectivity index (χ3n) is 5.14. The van der Waals surface area contributed by atoms with Crippen molar-refractivity contribution in [3.63, 3.8) is 0 Å². The van der Waals surface area contributed by atoms with E-state index in [0.717, 1.165) is 44.1 Å². The van der Waals surface area contributed by atoms with Crippen LogP contribution in [-0.4, -0.2) is 37.0 Å². The largest absolute Gasteiger partial charge is 0.484 e. The van der Waals surface area contributed by atoms with Crippen LogP contribution in [0.3, 0.4) is 0 Å². The van der Waals surface area contributed by atoms with Gasteiger partial charge >= 0.3 is 0 Å². The number of rotatable bonds is 9. The van der Waals surface area contributed by atoms with Crippen molar-refractivity contribution in [1.29, 1.82) is 0 Å². The summed E-state index contributed by atoms with van der Waals surface area (Å²) >= 11 is 0. The van der Waals surface area contributed by atoms with Crippen LogP contribution in [0.4, 0.5) is 0 Å². The van der Waals surface area contributed by atoms with Gasteiger partial charge in [-0.3, -0.25) is 9.59 Å². The van der Waals surface area contributed by atoms with Crippen LogP contribution in [0.25, 0.3) is 0 Å². The first-order valence-corrected chi connectivity index (χ1v) is 9.63. The van der Waals surface area contributed by atoms with Gasteiger partial charge in [0.2, 0.25) is 5.91 Å². The Kier molecular flexibility index (Phi) is 8.38. The minimum Gasteiger partial charge on any atom is -0.484 e. The number of carbonyl (C=O) groups is 2. The predicted octanol–water partition coefficient (Wildman–Crippen LogP) is 1.94. The highest BCUT2D eigenvalue weighted by molar-refractivity contribution is 5.85. The highest BCUT2D eigenvalue weighted by atomic mass is 35.5. The standard InChI is InChI=1S/C20H29N3O3.ClH/c21-18-3-1-2-15(18)12-19(24)22-11-10-14-4-8-17(9-5-14)26-13-20(25)23-16-6-7-16;/h4-5,8-9,15-16,18H,1-3,6-7,10-13,21H2,(H,22,24)(H,23,25);1H/t15-,18+;/m0./s1. The Morgan fingerprint density at radius 1 is 1.07 bits per heavy atom. The Bertz CT molecular complexity index is 619. The monoisotopic (exact) mass is 395 g/mol. The van der Waals surface area contributed by atoms with Crippen molar-refractivity contribution in [2.45, 2.75) is 57.0 Å². The maximum atomic E-state index is 12.0. The summed E-state index contributed by atoms with van der Waals surface area (Å²) in [6.07, 6.45) is 6.69. The third-order valence-corrected chi connectivity index (χ3v) is 5.14. The minimum absolute atomic E-state index is 0. The molecule has 1 aromatic rings. The first-order chi connectivity index (χ1) is 12.6. The van der Waals surface area contributed by atoms with Crippen LogP contribution in [0.2, 0.25) is 0 Å². The van der Waals surface area contributed by atoms with E-state index in [9.17, 15) is 9.59 Å². The molecule has 0 unspecified atom stereocenters. The molecule has 0 radical (unpaired) electrons. The Labute approximate surface area is 167 Å². The number of nitrogens with two attached hydrogens (primary N) is 1. The molecule has 2 aliphatic carbocycles. The molecule has 0 aromatic heterocycles. The summed E-state index contributed by atoms with van der Waals surface area (Å²) < 4.78 is 5.48. The fourth-order valence-corrected chi connectivity index (χ4v) is 3.37. The lowest BCUT2D eigenvalue weighted by Gasteiger charge is -2.14. The van der Waals surface area contributed by atoms with Crippen molar-refractivity contribution in [2.75, 3.05) is 13.2 Å². The summed E-state index contributed by atoms with van der Waals surface area (Å²) in [7, 11) is 0. The van der Waals surface area contributed by atoms with Gasteiger partial charge in [0.1, 0.15) is 5.75 Å². The van der Waals surface area contributed by atoms with Gasteiger partial charge in [0.15, 0.2) is 6.61 Å². The van der Waals surface area contributed by atoms with Crippen molar-refractivity contribution in [1.82, 2.24) is 10.6 Å². The Morgan fingerprint density at radius 3 is 2.44 bits per heavy atom. The predicted molar refractivity (Wildman–Crippen MR) is 107 cm³/mol. The smallest absolute Gasteiger partial charge is 0.258 e. The van der Waals surface area contributed by atoms with Gasteiger partial charge in [0, 0.05) is 25.0 Å². The molecule has 4 N–H and O–H groups in total. The molecule has 2 aliphatic rings. The van der Waals surface area contributed by atoms with E-state index in [0.29, 0.717) is 30.7 Å². The van der Waals surface area contributed by atoms with E-state index in [-0.39, 0.29) is 36.9 Å². The van der Waals surface area contributed by atoms with E-state index in [1.165, 1.54) is 0 Å². The SMILES string of the molecule is Cl.N[C@@H]1CCC[C@H]1CC(=O)NCCc1ccc(OCC(=O)NC2CC2)cc1. The highest BCUT2D eigenvalue weighted by Gasteiger charge is 2.25. The molecule has 2 fully saturated rings. The van der Waals surface area contributed by atoms with Crippen molar-refractivity contribution >= 4 is 24.2 Å². The molecule has 150 valence electrons. The quantitative estimate of drug-likeness (QED) is 0.595. The number of amides is 2. The number of hydrogen-bond acceptors (Lipinski definition) is 4. The second kappa shape index (κ2) is 10.5. The Balaban J connectivity index is 0.00000261. The number of carbonyl (C=O) groups excluding carboxylic acids is 2. The molecule has 6 nitrogen and oxygen atoms in total. The Morgan fingerprint density at radius 2 is 1.81 bits per heavy atom. The van der Waals surface area contributed by atoms with Crippen LogP contribution < -0.4 is 21.1 Å².